The van der Waals surface area contributed by atoms with Gasteiger partial charge in [-0.05, 0) is 32.4 Å². The zero-order valence-corrected chi connectivity index (χ0v) is 16.8. The van der Waals surface area contributed by atoms with Gasteiger partial charge >= 0.3 is 0 Å². The number of benzene rings is 1. The number of hydrogen-bond donors (Lipinski definition) is 1. The van der Waals surface area contributed by atoms with Gasteiger partial charge in [0.15, 0.2) is 11.0 Å². The van der Waals surface area contributed by atoms with E-state index in [1.54, 1.807) is 12.1 Å². The Morgan fingerprint density at radius 1 is 1.30 bits per heavy atom. The molecule has 3 rings (SSSR count). The van der Waals surface area contributed by atoms with Gasteiger partial charge in [-0.3, -0.25) is 10.1 Å². The molecule has 1 aromatic carbocycles. The Hall–Kier alpha value is -2.33. The predicted molar refractivity (Wildman–Crippen MR) is 104 cm³/mol. The zero-order chi connectivity index (χ0) is 19.4. The first-order chi connectivity index (χ1) is 13.0. The number of nitrogens with zero attached hydrogens (tertiary/aromatic N) is 5. The fraction of sp³-hybridized carbons (Fsp3) is 0.353. The van der Waals surface area contributed by atoms with Gasteiger partial charge in [-0.15, -0.1) is 20.4 Å². The van der Waals surface area contributed by atoms with E-state index in [2.05, 4.69) is 25.7 Å². The molecule has 3 aromatic rings. The Kier molecular flexibility index (Phi) is 6.17. The van der Waals surface area contributed by atoms with Gasteiger partial charge in [-0.2, -0.15) is 0 Å². The summed E-state index contributed by atoms with van der Waals surface area (Å²) in [6.45, 7) is 6.33. The lowest BCUT2D eigenvalue weighted by atomic mass is 10.2. The van der Waals surface area contributed by atoms with Gasteiger partial charge in [0.1, 0.15) is 10.8 Å². The number of thioether (sulfide) groups is 1. The third kappa shape index (κ3) is 4.51. The summed E-state index contributed by atoms with van der Waals surface area (Å²) in [5.74, 6) is 0.0941. The van der Waals surface area contributed by atoms with Crippen LogP contribution in [-0.2, 0) is 11.3 Å². The maximum atomic E-state index is 13.5. The first-order valence-corrected chi connectivity index (χ1v) is 10.2. The average molecular weight is 407 g/mol. The maximum Gasteiger partial charge on any atom is 0.239 e. The quantitative estimate of drug-likeness (QED) is 0.601. The zero-order valence-electron chi connectivity index (χ0n) is 15.1. The Morgan fingerprint density at radius 2 is 2.11 bits per heavy atom. The van der Waals surface area contributed by atoms with Crippen LogP contribution < -0.4 is 5.32 Å². The molecule has 0 aliphatic heterocycles. The maximum absolute atomic E-state index is 13.5. The molecule has 2 aromatic heterocycles. The summed E-state index contributed by atoms with van der Waals surface area (Å²) in [5, 5.41) is 20.6. The molecule has 0 bridgehead atoms. The molecule has 0 spiro atoms. The van der Waals surface area contributed by atoms with Crippen LogP contribution in [-0.4, -0.2) is 36.1 Å². The van der Waals surface area contributed by atoms with E-state index in [9.17, 15) is 9.18 Å². The molecule has 0 saturated heterocycles. The molecule has 142 valence electrons. The van der Waals surface area contributed by atoms with Crippen molar-refractivity contribution in [1.29, 1.82) is 0 Å². The number of nitrogens with one attached hydrogen (secondary N) is 1. The van der Waals surface area contributed by atoms with Crippen molar-refractivity contribution >= 4 is 34.1 Å². The van der Waals surface area contributed by atoms with Crippen LogP contribution in [0.1, 0.15) is 25.3 Å². The molecule has 1 amide bonds. The van der Waals surface area contributed by atoms with E-state index in [4.69, 9.17) is 0 Å². The monoisotopic (exact) mass is 406 g/mol. The van der Waals surface area contributed by atoms with Crippen molar-refractivity contribution in [3.05, 3.63) is 35.1 Å². The lowest BCUT2D eigenvalue weighted by molar-refractivity contribution is -0.115. The fourth-order valence-corrected chi connectivity index (χ4v) is 4.10. The smallest absolute Gasteiger partial charge is 0.239 e. The number of anilines is 1. The molecule has 1 N–H and O–H groups in total. The van der Waals surface area contributed by atoms with Crippen molar-refractivity contribution in [2.45, 2.75) is 44.1 Å². The number of carbonyl (C=O) groups is 1. The Balaban J connectivity index is 1.80. The highest BCUT2D eigenvalue weighted by molar-refractivity contribution is 8.00. The second kappa shape index (κ2) is 8.57. The van der Waals surface area contributed by atoms with E-state index < -0.39 is 0 Å². The molecule has 10 heteroatoms. The molecule has 0 aliphatic carbocycles. The van der Waals surface area contributed by atoms with E-state index >= 15 is 0 Å². The van der Waals surface area contributed by atoms with Gasteiger partial charge in [0.25, 0.3) is 0 Å². The van der Waals surface area contributed by atoms with Crippen molar-refractivity contribution in [2.75, 3.05) is 5.32 Å². The van der Waals surface area contributed by atoms with Crippen molar-refractivity contribution in [1.82, 2.24) is 25.0 Å². The number of rotatable bonds is 7. The number of aryl methyl sites for hydroxylation is 1. The van der Waals surface area contributed by atoms with Crippen molar-refractivity contribution in [3.63, 3.8) is 0 Å². The SMILES string of the molecule is CCC(Sc1nnc(-c2cccc(F)c2)n1CC)C(=O)Nc1nnc(C)s1. The normalized spacial score (nSPS) is 12.1. The van der Waals surface area contributed by atoms with Crippen LogP contribution in [0.25, 0.3) is 11.4 Å². The summed E-state index contributed by atoms with van der Waals surface area (Å²) in [4.78, 5) is 12.6. The predicted octanol–water partition coefficient (Wildman–Crippen LogP) is 3.77. The highest BCUT2D eigenvalue weighted by Crippen LogP contribution is 2.29. The number of aromatic nitrogens is 5. The van der Waals surface area contributed by atoms with Crippen molar-refractivity contribution in [2.24, 2.45) is 0 Å². The lowest BCUT2D eigenvalue weighted by Crippen LogP contribution is -2.25. The van der Waals surface area contributed by atoms with Crippen LogP contribution in [0.4, 0.5) is 9.52 Å². The minimum Gasteiger partial charge on any atom is -0.302 e. The summed E-state index contributed by atoms with van der Waals surface area (Å²) in [6.07, 6.45) is 0.611. The summed E-state index contributed by atoms with van der Waals surface area (Å²) in [6, 6.07) is 6.24. The molecule has 7 nitrogen and oxygen atoms in total. The Bertz CT molecular complexity index is 941. The van der Waals surface area contributed by atoms with Crippen LogP contribution in [0.2, 0.25) is 0 Å². The minimum absolute atomic E-state index is 0.156. The van der Waals surface area contributed by atoms with Gasteiger partial charge in [-0.25, -0.2) is 4.39 Å². The van der Waals surface area contributed by atoms with Gasteiger partial charge < -0.3 is 4.57 Å². The Morgan fingerprint density at radius 3 is 2.74 bits per heavy atom. The van der Waals surface area contributed by atoms with Gasteiger partial charge in [-0.1, -0.05) is 42.2 Å². The highest BCUT2D eigenvalue weighted by Gasteiger charge is 2.23. The number of hydrogen-bond acceptors (Lipinski definition) is 7. The van der Waals surface area contributed by atoms with E-state index in [0.717, 1.165) is 5.01 Å². The second-order valence-electron chi connectivity index (χ2n) is 5.69. The summed E-state index contributed by atoms with van der Waals surface area (Å²) < 4.78 is 15.4. The second-order valence-corrected chi connectivity index (χ2v) is 8.04. The van der Waals surface area contributed by atoms with Crippen LogP contribution in [0.3, 0.4) is 0 Å². The summed E-state index contributed by atoms with van der Waals surface area (Å²) in [5.41, 5.74) is 0.651. The van der Waals surface area contributed by atoms with E-state index in [1.807, 2.05) is 25.3 Å². The largest absolute Gasteiger partial charge is 0.302 e. The molecule has 1 unspecified atom stereocenters. The molecule has 27 heavy (non-hydrogen) atoms. The topological polar surface area (TPSA) is 85.6 Å². The molecule has 2 heterocycles. The Labute approximate surface area is 164 Å². The van der Waals surface area contributed by atoms with Crippen LogP contribution in [0.5, 0.6) is 0 Å². The van der Waals surface area contributed by atoms with Gasteiger partial charge in [0, 0.05) is 12.1 Å². The molecule has 1 atom stereocenters. The molecule has 0 radical (unpaired) electrons. The number of amides is 1. The highest BCUT2D eigenvalue weighted by atomic mass is 32.2. The fourth-order valence-electron chi connectivity index (χ4n) is 2.48. The third-order valence-electron chi connectivity index (χ3n) is 3.78. The molecule has 0 aliphatic rings. The molecular formula is C17H19FN6OS2. The standard InChI is InChI=1S/C17H19FN6OS2/c1-4-13(15(25)19-16-22-20-10(3)26-16)27-17-23-21-14(24(17)5-2)11-7-6-8-12(18)9-11/h6-9,13H,4-5H2,1-3H3,(H,19,22,25). The lowest BCUT2D eigenvalue weighted by Gasteiger charge is -2.14. The van der Waals surface area contributed by atoms with Crippen molar-refractivity contribution in [3.8, 4) is 11.4 Å². The first-order valence-electron chi connectivity index (χ1n) is 8.48. The summed E-state index contributed by atoms with van der Waals surface area (Å²) >= 11 is 2.66. The van der Waals surface area contributed by atoms with Crippen molar-refractivity contribution < 1.29 is 9.18 Å². The number of halogens is 1. The van der Waals surface area contributed by atoms with Crippen LogP contribution in [0.15, 0.2) is 29.4 Å². The molecular weight excluding hydrogens is 387 g/mol. The molecule has 0 saturated carbocycles. The van der Waals surface area contributed by atoms with E-state index in [1.165, 1.54) is 35.2 Å². The summed E-state index contributed by atoms with van der Waals surface area (Å²) in [7, 11) is 0. The van der Waals surface area contributed by atoms with E-state index in [-0.39, 0.29) is 17.0 Å². The number of carbonyl (C=O) groups excluding carboxylic acids is 1. The average Bonchev–Trinajstić information content (AvgIpc) is 3.25. The first kappa shape index (κ1) is 19.4. The van der Waals surface area contributed by atoms with Gasteiger partial charge in [0.2, 0.25) is 11.0 Å². The van der Waals surface area contributed by atoms with Crippen LogP contribution >= 0.6 is 23.1 Å². The van der Waals surface area contributed by atoms with Gasteiger partial charge in [0.05, 0.1) is 5.25 Å². The van der Waals surface area contributed by atoms with E-state index in [0.29, 0.717) is 34.6 Å². The van der Waals surface area contributed by atoms with Crippen LogP contribution in [0, 0.1) is 12.7 Å². The molecule has 0 fully saturated rings. The third-order valence-corrected chi connectivity index (χ3v) is 5.88. The minimum atomic E-state index is -0.357.